The summed E-state index contributed by atoms with van der Waals surface area (Å²) in [5.74, 6) is -0.408. The highest BCUT2D eigenvalue weighted by Crippen LogP contribution is 2.27. The van der Waals surface area contributed by atoms with Crippen LogP contribution in [0.15, 0.2) is 66.0 Å². The van der Waals surface area contributed by atoms with Gasteiger partial charge in [-0.05, 0) is 47.8 Å². The molecule has 2 heterocycles. The van der Waals surface area contributed by atoms with E-state index < -0.39 is 11.7 Å². The average Bonchev–Trinajstić information content (AvgIpc) is 3.38. The van der Waals surface area contributed by atoms with Crippen LogP contribution in [0, 0.1) is 5.82 Å². The number of aromatic nitrogens is 3. The zero-order chi connectivity index (χ0) is 19.5. The van der Waals surface area contributed by atoms with Gasteiger partial charge in [0.2, 0.25) is 0 Å². The molecule has 0 spiro atoms. The van der Waals surface area contributed by atoms with Crippen LogP contribution in [0.1, 0.15) is 10.4 Å². The maximum atomic E-state index is 13.8. The summed E-state index contributed by atoms with van der Waals surface area (Å²) >= 11 is 1.55. The van der Waals surface area contributed by atoms with Gasteiger partial charge in [-0.3, -0.25) is 4.79 Å². The number of thiophene rings is 1. The molecule has 4 aromatic rings. The normalized spacial score (nSPS) is 10.6. The molecular formula is C20H15FN4O2S. The van der Waals surface area contributed by atoms with Crippen LogP contribution < -0.4 is 10.1 Å². The molecule has 8 heteroatoms. The molecule has 1 amide bonds. The molecule has 1 N–H and O–H groups in total. The number of anilines is 1. The topological polar surface area (TPSA) is 69.0 Å². The van der Waals surface area contributed by atoms with Gasteiger partial charge in [-0.15, -0.1) is 16.4 Å². The Balaban J connectivity index is 1.60. The van der Waals surface area contributed by atoms with Crippen LogP contribution >= 0.6 is 11.3 Å². The highest BCUT2D eigenvalue weighted by atomic mass is 32.1. The van der Waals surface area contributed by atoms with Gasteiger partial charge in [-0.2, -0.15) is 4.98 Å². The highest BCUT2D eigenvalue weighted by molar-refractivity contribution is 7.13. The molecule has 4 rings (SSSR count). The van der Waals surface area contributed by atoms with Crippen molar-refractivity contribution < 1.29 is 13.9 Å². The Hall–Kier alpha value is -3.52. The van der Waals surface area contributed by atoms with Crippen molar-refractivity contribution in [2.45, 2.75) is 0 Å². The van der Waals surface area contributed by atoms with Crippen molar-refractivity contribution in [1.82, 2.24) is 14.8 Å². The number of carbonyl (C=O) groups excluding carboxylic acids is 1. The molecule has 0 unspecified atom stereocenters. The fraction of sp³-hybridized carbons (Fsp3) is 0.0500. The maximum absolute atomic E-state index is 13.8. The van der Waals surface area contributed by atoms with Gasteiger partial charge in [0, 0.05) is 5.69 Å². The second-order valence-corrected chi connectivity index (χ2v) is 6.74. The second kappa shape index (κ2) is 7.61. The van der Waals surface area contributed by atoms with Crippen molar-refractivity contribution in [2.24, 2.45) is 0 Å². The first-order valence-corrected chi connectivity index (χ1v) is 9.25. The minimum Gasteiger partial charge on any atom is -0.466 e. The van der Waals surface area contributed by atoms with Crippen LogP contribution in [0.4, 0.5) is 10.1 Å². The van der Waals surface area contributed by atoms with E-state index in [1.54, 1.807) is 52.4 Å². The zero-order valence-corrected chi connectivity index (χ0v) is 15.6. The lowest BCUT2D eigenvalue weighted by Gasteiger charge is -2.08. The fourth-order valence-corrected chi connectivity index (χ4v) is 3.35. The molecule has 0 aliphatic carbocycles. The number of nitrogens with zero attached hydrogens (tertiary/aromatic N) is 3. The van der Waals surface area contributed by atoms with Crippen molar-refractivity contribution in [1.29, 1.82) is 0 Å². The summed E-state index contributed by atoms with van der Waals surface area (Å²) in [4.78, 5) is 17.6. The predicted molar refractivity (Wildman–Crippen MR) is 106 cm³/mol. The van der Waals surface area contributed by atoms with Gasteiger partial charge >= 0.3 is 6.01 Å². The summed E-state index contributed by atoms with van der Waals surface area (Å²) < 4.78 is 20.6. The van der Waals surface area contributed by atoms with E-state index >= 15 is 0 Å². The molecule has 6 nitrogen and oxygen atoms in total. The van der Waals surface area contributed by atoms with E-state index in [1.807, 2.05) is 17.5 Å². The Morgan fingerprint density at radius 3 is 2.57 bits per heavy atom. The molecule has 2 aromatic carbocycles. The van der Waals surface area contributed by atoms with Gasteiger partial charge in [0.15, 0.2) is 5.82 Å². The molecule has 0 atom stereocenters. The van der Waals surface area contributed by atoms with Crippen molar-refractivity contribution in [3.8, 4) is 22.4 Å². The molecule has 0 fully saturated rings. The number of halogens is 1. The van der Waals surface area contributed by atoms with Crippen molar-refractivity contribution in [2.75, 3.05) is 12.4 Å². The third kappa shape index (κ3) is 3.49. The smallest absolute Gasteiger partial charge is 0.336 e. The summed E-state index contributed by atoms with van der Waals surface area (Å²) in [5.41, 5.74) is 1.29. The monoisotopic (exact) mass is 394 g/mol. The molecule has 28 heavy (non-hydrogen) atoms. The predicted octanol–water partition coefficient (Wildman–Crippen LogP) is 4.40. The van der Waals surface area contributed by atoms with E-state index in [2.05, 4.69) is 15.4 Å². The Kier molecular flexibility index (Phi) is 4.86. The second-order valence-electron chi connectivity index (χ2n) is 5.79. The zero-order valence-electron chi connectivity index (χ0n) is 14.8. The van der Waals surface area contributed by atoms with Crippen LogP contribution in [-0.2, 0) is 0 Å². The molecular weight excluding hydrogens is 379 g/mol. The van der Waals surface area contributed by atoms with Gasteiger partial charge < -0.3 is 10.1 Å². The van der Waals surface area contributed by atoms with Crippen LogP contribution in [0.25, 0.3) is 16.4 Å². The van der Waals surface area contributed by atoms with Gasteiger partial charge in [-0.1, -0.05) is 18.2 Å². The number of hydrogen-bond donors (Lipinski definition) is 1. The molecule has 0 radical (unpaired) electrons. The van der Waals surface area contributed by atoms with E-state index in [4.69, 9.17) is 4.74 Å². The van der Waals surface area contributed by atoms with Gasteiger partial charge in [0.05, 0.1) is 23.2 Å². The Morgan fingerprint density at radius 2 is 1.89 bits per heavy atom. The van der Waals surface area contributed by atoms with E-state index in [-0.39, 0.29) is 11.6 Å². The van der Waals surface area contributed by atoms with Crippen LogP contribution in [0.5, 0.6) is 6.01 Å². The molecule has 0 bridgehead atoms. The number of ether oxygens (including phenoxy) is 1. The first-order valence-electron chi connectivity index (χ1n) is 8.37. The minimum absolute atomic E-state index is 0.00688. The number of amides is 1. The number of nitrogens with one attached hydrogen (secondary N) is 1. The summed E-state index contributed by atoms with van der Waals surface area (Å²) in [6, 6.07) is 17.0. The fourth-order valence-electron chi connectivity index (χ4n) is 2.65. The minimum atomic E-state index is -0.563. The van der Waals surface area contributed by atoms with Gasteiger partial charge in [-0.25, -0.2) is 9.07 Å². The molecule has 0 aliphatic rings. The molecule has 140 valence electrons. The SMILES string of the molecule is COc1nc(-c2cccs2)n(-c2ccc(NC(=O)c3ccccc3F)cc2)n1. The summed E-state index contributed by atoms with van der Waals surface area (Å²) in [6.45, 7) is 0. The van der Waals surface area contributed by atoms with E-state index in [1.165, 1.54) is 19.2 Å². The molecule has 0 saturated heterocycles. The van der Waals surface area contributed by atoms with Gasteiger partial charge in [0.25, 0.3) is 5.91 Å². The largest absolute Gasteiger partial charge is 0.466 e. The number of benzene rings is 2. The average molecular weight is 394 g/mol. The van der Waals surface area contributed by atoms with E-state index in [0.717, 1.165) is 10.6 Å². The molecule has 2 aromatic heterocycles. The van der Waals surface area contributed by atoms with Crippen LogP contribution in [-0.4, -0.2) is 27.8 Å². The molecule has 0 saturated carbocycles. The highest BCUT2D eigenvalue weighted by Gasteiger charge is 2.15. The van der Waals surface area contributed by atoms with Crippen molar-refractivity contribution >= 4 is 22.9 Å². The van der Waals surface area contributed by atoms with Crippen LogP contribution in [0.2, 0.25) is 0 Å². The first-order chi connectivity index (χ1) is 13.7. The van der Waals surface area contributed by atoms with Crippen molar-refractivity contribution in [3.05, 3.63) is 77.4 Å². The number of methoxy groups -OCH3 is 1. The van der Waals surface area contributed by atoms with E-state index in [9.17, 15) is 9.18 Å². The summed E-state index contributed by atoms with van der Waals surface area (Å²) in [5, 5.41) is 9.01. The lowest BCUT2D eigenvalue weighted by molar-refractivity contribution is 0.102. The molecule has 0 aliphatic heterocycles. The number of hydrogen-bond acceptors (Lipinski definition) is 5. The Morgan fingerprint density at radius 1 is 1.11 bits per heavy atom. The first kappa shape index (κ1) is 17.9. The lowest BCUT2D eigenvalue weighted by atomic mass is 10.2. The summed E-state index contributed by atoms with van der Waals surface area (Å²) in [6.07, 6.45) is 0. The Bertz CT molecular complexity index is 1110. The maximum Gasteiger partial charge on any atom is 0.336 e. The Labute approximate surface area is 164 Å². The standard InChI is InChI=1S/C20H15FN4O2S/c1-27-20-23-18(17-7-4-12-28-17)25(24-20)14-10-8-13(9-11-14)22-19(26)15-5-2-3-6-16(15)21/h2-12H,1H3,(H,22,26). The quantitative estimate of drug-likeness (QED) is 0.545. The third-order valence-electron chi connectivity index (χ3n) is 4.00. The third-order valence-corrected chi connectivity index (χ3v) is 4.87. The lowest BCUT2D eigenvalue weighted by Crippen LogP contribution is -2.13. The van der Waals surface area contributed by atoms with Gasteiger partial charge in [0.1, 0.15) is 5.82 Å². The number of carbonyl (C=O) groups is 1. The summed E-state index contributed by atoms with van der Waals surface area (Å²) in [7, 11) is 1.51. The number of rotatable bonds is 5. The van der Waals surface area contributed by atoms with E-state index in [0.29, 0.717) is 11.5 Å². The van der Waals surface area contributed by atoms with Crippen LogP contribution in [0.3, 0.4) is 0 Å². The van der Waals surface area contributed by atoms with Crippen molar-refractivity contribution in [3.63, 3.8) is 0 Å².